The van der Waals surface area contributed by atoms with Crippen molar-refractivity contribution in [1.29, 1.82) is 0 Å². The highest BCUT2D eigenvalue weighted by Gasteiger charge is 2.29. The fourth-order valence-corrected chi connectivity index (χ4v) is 3.94. The highest BCUT2D eigenvalue weighted by molar-refractivity contribution is 7.10. The van der Waals surface area contributed by atoms with Gasteiger partial charge in [-0.25, -0.2) is 0 Å². The first-order valence-electron chi connectivity index (χ1n) is 6.46. The molecule has 0 spiro atoms. The van der Waals surface area contributed by atoms with Crippen molar-refractivity contribution in [2.24, 2.45) is 5.92 Å². The van der Waals surface area contributed by atoms with Gasteiger partial charge in [0.1, 0.15) is 0 Å². The van der Waals surface area contributed by atoms with E-state index < -0.39 is 0 Å². The third-order valence-electron chi connectivity index (χ3n) is 3.69. The summed E-state index contributed by atoms with van der Waals surface area (Å²) >= 11 is 1.96. The Morgan fingerprint density at radius 2 is 2.25 bits per heavy atom. The van der Waals surface area contributed by atoms with E-state index in [4.69, 9.17) is 0 Å². The van der Waals surface area contributed by atoms with Gasteiger partial charge in [0.15, 0.2) is 0 Å². The molecule has 1 N–H and O–H groups in total. The van der Waals surface area contributed by atoms with E-state index in [2.05, 4.69) is 37.5 Å². The number of aryl methyl sites for hydroxylation is 1. The van der Waals surface area contributed by atoms with Crippen molar-refractivity contribution in [2.75, 3.05) is 6.54 Å². The molecule has 1 fully saturated rings. The van der Waals surface area contributed by atoms with Gasteiger partial charge in [-0.3, -0.25) is 0 Å². The first-order chi connectivity index (χ1) is 7.68. The van der Waals surface area contributed by atoms with Crippen LogP contribution in [0.15, 0.2) is 11.4 Å². The molecule has 1 heterocycles. The van der Waals surface area contributed by atoms with E-state index in [-0.39, 0.29) is 0 Å². The Morgan fingerprint density at radius 1 is 1.44 bits per heavy atom. The Balaban J connectivity index is 2.01. The molecule has 0 saturated heterocycles. The lowest BCUT2D eigenvalue weighted by Gasteiger charge is -2.21. The first-order valence-corrected chi connectivity index (χ1v) is 7.34. The third kappa shape index (κ3) is 2.67. The SMILES string of the molecule is Cc1ccsc1C1CCCC1CNC(C)C. The van der Waals surface area contributed by atoms with Crippen molar-refractivity contribution < 1.29 is 0 Å². The Labute approximate surface area is 103 Å². The van der Waals surface area contributed by atoms with Gasteiger partial charge < -0.3 is 5.32 Å². The van der Waals surface area contributed by atoms with Gasteiger partial charge in [0.25, 0.3) is 0 Å². The molecule has 0 aromatic carbocycles. The maximum atomic E-state index is 3.60. The van der Waals surface area contributed by atoms with Crippen LogP contribution in [0.2, 0.25) is 0 Å². The molecule has 1 saturated carbocycles. The molecule has 1 aliphatic rings. The van der Waals surface area contributed by atoms with E-state index in [1.165, 1.54) is 31.4 Å². The minimum atomic E-state index is 0.616. The van der Waals surface area contributed by atoms with Crippen LogP contribution in [-0.2, 0) is 0 Å². The summed E-state index contributed by atoms with van der Waals surface area (Å²) < 4.78 is 0. The maximum Gasteiger partial charge on any atom is 0.0109 e. The molecule has 2 rings (SSSR count). The summed E-state index contributed by atoms with van der Waals surface area (Å²) in [5.74, 6) is 1.69. The average Bonchev–Trinajstić information content (AvgIpc) is 2.82. The second kappa shape index (κ2) is 5.33. The third-order valence-corrected chi connectivity index (χ3v) is 4.84. The predicted molar refractivity (Wildman–Crippen MR) is 72.3 cm³/mol. The summed E-state index contributed by atoms with van der Waals surface area (Å²) in [6, 6.07) is 2.89. The summed E-state index contributed by atoms with van der Waals surface area (Å²) in [5, 5.41) is 5.85. The van der Waals surface area contributed by atoms with Crippen LogP contribution < -0.4 is 5.32 Å². The van der Waals surface area contributed by atoms with Crippen molar-refractivity contribution in [2.45, 2.75) is 52.0 Å². The van der Waals surface area contributed by atoms with Crippen LogP contribution in [0.1, 0.15) is 49.5 Å². The molecule has 2 atom stereocenters. The molecule has 0 amide bonds. The second-order valence-corrected chi connectivity index (χ2v) is 6.28. The van der Waals surface area contributed by atoms with Gasteiger partial charge in [-0.2, -0.15) is 0 Å². The molecule has 90 valence electrons. The van der Waals surface area contributed by atoms with E-state index in [9.17, 15) is 0 Å². The fraction of sp³-hybridized carbons (Fsp3) is 0.714. The Morgan fingerprint density at radius 3 is 2.88 bits per heavy atom. The molecule has 0 bridgehead atoms. The van der Waals surface area contributed by atoms with Gasteiger partial charge in [-0.1, -0.05) is 20.3 Å². The number of thiophene rings is 1. The van der Waals surface area contributed by atoms with Crippen LogP contribution in [0.5, 0.6) is 0 Å². The summed E-state index contributed by atoms with van der Waals surface area (Å²) in [6.07, 6.45) is 4.21. The number of nitrogens with one attached hydrogen (secondary N) is 1. The quantitative estimate of drug-likeness (QED) is 0.836. The lowest BCUT2D eigenvalue weighted by atomic mass is 9.92. The molecule has 0 aliphatic heterocycles. The molecule has 1 aromatic heterocycles. The lowest BCUT2D eigenvalue weighted by molar-refractivity contribution is 0.425. The smallest absolute Gasteiger partial charge is 0.0109 e. The van der Waals surface area contributed by atoms with E-state index in [1.54, 1.807) is 4.88 Å². The Bertz CT molecular complexity index is 329. The highest BCUT2D eigenvalue weighted by atomic mass is 32.1. The molecule has 1 aromatic rings. The summed E-state index contributed by atoms with van der Waals surface area (Å²) in [5.41, 5.74) is 1.51. The first kappa shape index (κ1) is 12.1. The zero-order chi connectivity index (χ0) is 11.5. The molecule has 16 heavy (non-hydrogen) atoms. The van der Waals surface area contributed by atoms with Gasteiger partial charge in [0.05, 0.1) is 0 Å². The molecular weight excluding hydrogens is 214 g/mol. The Hall–Kier alpha value is -0.340. The topological polar surface area (TPSA) is 12.0 Å². The molecular formula is C14H23NS. The van der Waals surface area contributed by atoms with Crippen LogP contribution in [0.4, 0.5) is 0 Å². The molecule has 0 radical (unpaired) electrons. The Kier molecular flexibility index (Phi) is 4.04. The van der Waals surface area contributed by atoms with Crippen molar-refractivity contribution >= 4 is 11.3 Å². The van der Waals surface area contributed by atoms with Crippen molar-refractivity contribution in [1.82, 2.24) is 5.32 Å². The standard InChI is InChI=1S/C14H23NS/c1-10(2)15-9-12-5-4-6-13(12)14-11(3)7-8-16-14/h7-8,10,12-13,15H,4-6,9H2,1-3H3. The van der Waals surface area contributed by atoms with E-state index in [1.807, 2.05) is 11.3 Å². The zero-order valence-corrected chi connectivity index (χ0v) is 11.4. The highest BCUT2D eigenvalue weighted by Crippen LogP contribution is 2.42. The monoisotopic (exact) mass is 237 g/mol. The van der Waals surface area contributed by atoms with Crippen molar-refractivity contribution in [3.8, 4) is 0 Å². The van der Waals surface area contributed by atoms with Gasteiger partial charge >= 0.3 is 0 Å². The second-order valence-electron chi connectivity index (χ2n) is 5.33. The average molecular weight is 237 g/mol. The van der Waals surface area contributed by atoms with Gasteiger partial charge in [-0.15, -0.1) is 11.3 Å². The van der Waals surface area contributed by atoms with Crippen LogP contribution in [0.3, 0.4) is 0 Å². The predicted octanol–water partition coefficient (Wildman–Crippen LogP) is 3.94. The molecule has 1 nitrogen and oxygen atoms in total. The minimum Gasteiger partial charge on any atom is -0.314 e. The molecule has 2 heteroatoms. The largest absolute Gasteiger partial charge is 0.314 e. The summed E-state index contributed by atoms with van der Waals surface area (Å²) in [4.78, 5) is 1.65. The van der Waals surface area contributed by atoms with Crippen LogP contribution in [-0.4, -0.2) is 12.6 Å². The summed E-state index contributed by atoms with van der Waals surface area (Å²) in [7, 11) is 0. The lowest BCUT2D eigenvalue weighted by Crippen LogP contribution is -2.29. The van der Waals surface area contributed by atoms with Crippen LogP contribution in [0.25, 0.3) is 0 Å². The number of rotatable bonds is 4. The maximum absolute atomic E-state index is 3.60. The molecule has 1 aliphatic carbocycles. The van der Waals surface area contributed by atoms with Gasteiger partial charge in [0, 0.05) is 10.9 Å². The van der Waals surface area contributed by atoms with E-state index in [0.29, 0.717) is 6.04 Å². The summed E-state index contributed by atoms with van der Waals surface area (Å²) in [6.45, 7) is 7.93. The number of hydrogen-bond acceptors (Lipinski definition) is 2. The molecule has 2 unspecified atom stereocenters. The zero-order valence-electron chi connectivity index (χ0n) is 10.6. The van der Waals surface area contributed by atoms with Crippen LogP contribution >= 0.6 is 11.3 Å². The fourth-order valence-electron chi connectivity index (χ4n) is 2.78. The normalized spacial score (nSPS) is 25.5. The van der Waals surface area contributed by atoms with Crippen molar-refractivity contribution in [3.05, 3.63) is 21.9 Å². The van der Waals surface area contributed by atoms with Crippen molar-refractivity contribution in [3.63, 3.8) is 0 Å². The van der Waals surface area contributed by atoms with Gasteiger partial charge in [-0.05, 0) is 55.2 Å². The van der Waals surface area contributed by atoms with Crippen LogP contribution in [0, 0.1) is 12.8 Å². The van der Waals surface area contributed by atoms with E-state index >= 15 is 0 Å². The number of hydrogen-bond donors (Lipinski definition) is 1. The van der Waals surface area contributed by atoms with Gasteiger partial charge in [0.2, 0.25) is 0 Å². The minimum absolute atomic E-state index is 0.616. The van der Waals surface area contributed by atoms with E-state index in [0.717, 1.165) is 11.8 Å².